The summed E-state index contributed by atoms with van der Waals surface area (Å²) in [6, 6.07) is -0.0444. The Labute approximate surface area is 102 Å². The molecule has 0 aromatic heterocycles. The number of hydrogen-bond donors (Lipinski definition) is 2. The molecular formula is C11H20N2O3S. The summed E-state index contributed by atoms with van der Waals surface area (Å²) in [5.74, 6) is 0.445. The van der Waals surface area contributed by atoms with E-state index in [0.717, 1.165) is 25.8 Å². The molecule has 2 N–H and O–H groups in total. The van der Waals surface area contributed by atoms with E-state index in [-0.39, 0.29) is 29.5 Å². The van der Waals surface area contributed by atoms with Gasteiger partial charge in [-0.25, -0.2) is 8.42 Å². The Bertz CT molecular complexity index is 360. The quantitative estimate of drug-likeness (QED) is 0.722. The monoisotopic (exact) mass is 260 g/mol. The van der Waals surface area contributed by atoms with Gasteiger partial charge in [0.15, 0.2) is 0 Å². The van der Waals surface area contributed by atoms with E-state index in [1.165, 1.54) is 0 Å². The van der Waals surface area contributed by atoms with Crippen molar-refractivity contribution in [1.29, 1.82) is 0 Å². The molecule has 2 saturated heterocycles. The Morgan fingerprint density at radius 1 is 1.12 bits per heavy atom. The van der Waals surface area contributed by atoms with E-state index in [1.807, 2.05) is 0 Å². The molecule has 0 aromatic rings. The summed E-state index contributed by atoms with van der Waals surface area (Å²) >= 11 is 0. The average molecular weight is 260 g/mol. The first kappa shape index (κ1) is 12.8. The van der Waals surface area contributed by atoms with Gasteiger partial charge in [0.1, 0.15) is 9.84 Å². The third-order valence-electron chi connectivity index (χ3n) is 3.53. The van der Waals surface area contributed by atoms with E-state index < -0.39 is 9.84 Å². The first-order chi connectivity index (χ1) is 8.07. The lowest BCUT2D eigenvalue weighted by molar-refractivity contribution is -0.124. The molecule has 2 heterocycles. The number of sulfone groups is 1. The molecule has 6 heteroatoms. The van der Waals surface area contributed by atoms with Crippen molar-refractivity contribution in [3.63, 3.8) is 0 Å². The van der Waals surface area contributed by atoms with Crippen molar-refractivity contribution in [3.8, 4) is 0 Å². The predicted octanol–water partition coefficient (Wildman–Crippen LogP) is -0.178. The maximum Gasteiger partial charge on any atom is 0.237 e. The van der Waals surface area contributed by atoms with Gasteiger partial charge in [0.2, 0.25) is 5.91 Å². The van der Waals surface area contributed by atoms with Gasteiger partial charge in [0.25, 0.3) is 0 Å². The molecule has 98 valence electrons. The van der Waals surface area contributed by atoms with Crippen LogP contribution in [-0.4, -0.2) is 44.5 Å². The fourth-order valence-electron chi connectivity index (χ4n) is 2.41. The summed E-state index contributed by atoms with van der Waals surface area (Å²) in [4.78, 5) is 11.9. The summed E-state index contributed by atoms with van der Waals surface area (Å²) in [5.41, 5.74) is 0. The lowest BCUT2D eigenvalue weighted by Crippen LogP contribution is -2.51. The molecule has 0 unspecified atom stereocenters. The zero-order valence-electron chi connectivity index (χ0n) is 9.94. The molecule has 0 aliphatic carbocycles. The SMILES string of the molecule is O=C(NC1CCS(=O)(=O)CC1)[C@H]1CCCCN1. The molecule has 2 aliphatic heterocycles. The maximum atomic E-state index is 11.9. The van der Waals surface area contributed by atoms with Crippen LogP contribution >= 0.6 is 0 Å². The zero-order chi connectivity index (χ0) is 12.3. The smallest absolute Gasteiger partial charge is 0.237 e. The summed E-state index contributed by atoms with van der Waals surface area (Å²) in [5, 5.41) is 6.15. The number of piperidine rings is 1. The molecule has 2 aliphatic rings. The van der Waals surface area contributed by atoms with Crippen molar-refractivity contribution in [1.82, 2.24) is 10.6 Å². The fraction of sp³-hybridized carbons (Fsp3) is 0.909. The Balaban J connectivity index is 1.79. The van der Waals surface area contributed by atoms with Crippen LogP contribution in [0, 0.1) is 0 Å². The molecule has 0 aromatic carbocycles. The van der Waals surface area contributed by atoms with Crippen molar-refractivity contribution in [2.45, 2.75) is 44.2 Å². The van der Waals surface area contributed by atoms with E-state index in [4.69, 9.17) is 0 Å². The molecule has 17 heavy (non-hydrogen) atoms. The highest BCUT2D eigenvalue weighted by molar-refractivity contribution is 7.91. The van der Waals surface area contributed by atoms with Crippen LogP contribution in [0.3, 0.4) is 0 Å². The standard InChI is InChI=1S/C11H20N2O3S/c14-11(10-3-1-2-6-12-10)13-9-4-7-17(15,16)8-5-9/h9-10,12H,1-8H2,(H,13,14)/t10-/m1/s1. The maximum absolute atomic E-state index is 11.9. The van der Waals surface area contributed by atoms with Gasteiger partial charge in [-0.1, -0.05) is 6.42 Å². The zero-order valence-corrected chi connectivity index (χ0v) is 10.8. The second-order valence-electron chi connectivity index (χ2n) is 4.94. The van der Waals surface area contributed by atoms with Gasteiger partial charge in [-0.2, -0.15) is 0 Å². The molecule has 0 saturated carbocycles. The van der Waals surface area contributed by atoms with Gasteiger partial charge in [0, 0.05) is 6.04 Å². The van der Waals surface area contributed by atoms with Crippen LogP contribution in [0.15, 0.2) is 0 Å². The molecule has 0 spiro atoms. The van der Waals surface area contributed by atoms with Gasteiger partial charge in [-0.15, -0.1) is 0 Å². The Kier molecular flexibility index (Phi) is 4.04. The lowest BCUT2D eigenvalue weighted by Gasteiger charge is -2.27. The number of carbonyl (C=O) groups excluding carboxylic acids is 1. The van der Waals surface area contributed by atoms with Gasteiger partial charge < -0.3 is 10.6 Å². The highest BCUT2D eigenvalue weighted by atomic mass is 32.2. The molecule has 1 amide bonds. The number of amides is 1. The lowest BCUT2D eigenvalue weighted by atomic mass is 10.0. The summed E-state index contributed by atoms with van der Waals surface area (Å²) < 4.78 is 22.5. The van der Waals surface area contributed by atoms with E-state index in [1.54, 1.807) is 0 Å². The average Bonchev–Trinajstić information content (AvgIpc) is 2.33. The summed E-state index contributed by atoms with van der Waals surface area (Å²) in [6.07, 6.45) is 4.22. The van der Waals surface area contributed by atoms with Gasteiger partial charge in [0.05, 0.1) is 17.5 Å². The van der Waals surface area contributed by atoms with Crippen LogP contribution < -0.4 is 10.6 Å². The third-order valence-corrected chi connectivity index (χ3v) is 5.24. The van der Waals surface area contributed by atoms with Crippen LogP contribution in [0.1, 0.15) is 32.1 Å². The van der Waals surface area contributed by atoms with Crippen LogP contribution in [0.5, 0.6) is 0 Å². The minimum Gasteiger partial charge on any atom is -0.352 e. The molecular weight excluding hydrogens is 240 g/mol. The molecule has 1 atom stereocenters. The van der Waals surface area contributed by atoms with Crippen molar-refractivity contribution in [2.24, 2.45) is 0 Å². The van der Waals surface area contributed by atoms with Crippen molar-refractivity contribution < 1.29 is 13.2 Å². The first-order valence-corrected chi connectivity index (χ1v) is 8.13. The Morgan fingerprint density at radius 3 is 2.41 bits per heavy atom. The minimum absolute atomic E-state index is 0.0361. The molecule has 0 radical (unpaired) electrons. The molecule has 0 bridgehead atoms. The van der Waals surface area contributed by atoms with Gasteiger partial charge in [-0.05, 0) is 32.2 Å². The summed E-state index contributed by atoms with van der Waals surface area (Å²) in [6.45, 7) is 0.900. The van der Waals surface area contributed by atoms with E-state index in [2.05, 4.69) is 10.6 Å². The Morgan fingerprint density at radius 2 is 1.82 bits per heavy atom. The third kappa shape index (κ3) is 3.67. The second-order valence-corrected chi connectivity index (χ2v) is 7.24. The fourth-order valence-corrected chi connectivity index (χ4v) is 3.90. The molecule has 5 nitrogen and oxygen atoms in total. The molecule has 2 fully saturated rings. The Hall–Kier alpha value is -0.620. The van der Waals surface area contributed by atoms with Crippen molar-refractivity contribution >= 4 is 15.7 Å². The second kappa shape index (κ2) is 5.35. The van der Waals surface area contributed by atoms with Crippen LogP contribution in [0.2, 0.25) is 0 Å². The van der Waals surface area contributed by atoms with Crippen LogP contribution in [-0.2, 0) is 14.6 Å². The van der Waals surface area contributed by atoms with E-state index in [9.17, 15) is 13.2 Å². The van der Waals surface area contributed by atoms with Crippen molar-refractivity contribution in [2.75, 3.05) is 18.1 Å². The number of nitrogens with one attached hydrogen (secondary N) is 2. The molecule has 2 rings (SSSR count). The van der Waals surface area contributed by atoms with Crippen LogP contribution in [0.25, 0.3) is 0 Å². The van der Waals surface area contributed by atoms with E-state index in [0.29, 0.717) is 12.8 Å². The minimum atomic E-state index is -2.84. The predicted molar refractivity (Wildman–Crippen MR) is 65.5 cm³/mol. The number of rotatable bonds is 2. The van der Waals surface area contributed by atoms with Crippen molar-refractivity contribution in [3.05, 3.63) is 0 Å². The first-order valence-electron chi connectivity index (χ1n) is 6.31. The summed E-state index contributed by atoms with van der Waals surface area (Å²) in [7, 11) is -2.84. The van der Waals surface area contributed by atoms with E-state index >= 15 is 0 Å². The normalized spacial score (nSPS) is 29.8. The highest BCUT2D eigenvalue weighted by Gasteiger charge is 2.27. The van der Waals surface area contributed by atoms with Gasteiger partial charge >= 0.3 is 0 Å². The highest BCUT2D eigenvalue weighted by Crippen LogP contribution is 2.13. The van der Waals surface area contributed by atoms with Crippen LogP contribution in [0.4, 0.5) is 0 Å². The topological polar surface area (TPSA) is 75.3 Å². The largest absolute Gasteiger partial charge is 0.352 e. The number of hydrogen-bond acceptors (Lipinski definition) is 4. The van der Waals surface area contributed by atoms with Gasteiger partial charge in [-0.3, -0.25) is 4.79 Å². The number of carbonyl (C=O) groups is 1.